The maximum atomic E-state index is 15.1. The number of hydrogen-bond donors (Lipinski definition) is 0. The van der Waals surface area contributed by atoms with Crippen molar-refractivity contribution in [1.29, 1.82) is 0 Å². The van der Waals surface area contributed by atoms with Crippen LogP contribution in [0.4, 0.5) is 3.89 Å². The third kappa shape index (κ3) is 3.97. The molecule has 0 spiro atoms. The molecule has 0 aromatic heterocycles. The van der Waals surface area contributed by atoms with Crippen molar-refractivity contribution < 1.29 is 8.09 Å². The van der Waals surface area contributed by atoms with Crippen molar-refractivity contribution in [1.82, 2.24) is 4.31 Å². The number of nitrogens with zero attached hydrogens (tertiary/aromatic N) is 2. The third-order valence-corrected chi connectivity index (χ3v) is 9.84. The van der Waals surface area contributed by atoms with Crippen LogP contribution in [0.15, 0.2) is 22.6 Å². The molecule has 1 heterocycles. The number of fused-ring (bicyclic) bond motifs is 3. The molecule has 0 radical (unpaired) electrons. The van der Waals surface area contributed by atoms with Crippen LogP contribution >= 0.6 is 0 Å². The Hall–Kier alpha value is -0.940. The molecule has 0 amide bonds. The van der Waals surface area contributed by atoms with Crippen LogP contribution in [0.5, 0.6) is 0 Å². The van der Waals surface area contributed by atoms with Crippen LogP contribution in [-0.4, -0.2) is 28.1 Å². The van der Waals surface area contributed by atoms with Crippen molar-refractivity contribution >= 4 is 10.3 Å². The Morgan fingerprint density at radius 3 is 2.60 bits per heavy atom. The van der Waals surface area contributed by atoms with Gasteiger partial charge in [-0.3, -0.25) is 0 Å². The third-order valence-electron chi connectivity index (χ3n) is 8.39. The molecule has 2 fully saturated rings. The summed E-state index contributed by atoms with van der Waals surface area (Å²) in [5.41, 5.74) is 4.43. The molecule has 4 atom stereocenters. The lowest BCUT2D eigenvalue weighted by Gasteiger charge is -2.55. The molecule has 1 saturated carbocycles. The van der Waals surface area contributed by atoms with Crippen molar-refractivity contribution in [2.24, 2.45) is 15.7 Å². The minimum atomic E-state index is -3.75. The molecule has 2 unspecified atom stereocenters. The summed E-state index contributed by atoms with van der Waals surface area (Å²) in [6.45, 7) is 10.7. The van der Waals surface area contributed by atoms with Gasteiger partial charge in [0.05, 0.1) is 6.54 Å². The van der Waals surface area contributed by atoms with E-state index in [1.165, 1.54) is 27.4 Å². The first-order valence-electron chi connectivity index (χ1n) is 12.0. The normalized spacial score (nSPS) is 34.1. The van der Waals surface area contributed by atoms with E-state index < -0.39 is 10.3 Å². The molecule has 1 aliphatic heterocycles. The molecule has 5 heteroatoms. The molecule has 0 N–H and O–H groups in total. The number of benzene rings is 1. The Balaban J connectivity index is 1.62. The second kappa shape index (κ2) is 8.20. The van der Waals surface area contributed by atoms with Gasteiger partial charge in [0, 0.05) is 13.1 Å². The molecule has 1 aromatic carbocycles. The molecular weight excluding hydrogens is 395 g/mol. The molecule has 2 aliphatic carbocycles. The van der Waals surface area contributed by atoms with Crippen LogP contribution in [0.2, 0.25) is 0 Å². The maximum Gasteiger partial charge on any atom is 0.270 e. The highest BCUT2D eigenvalue weighted by Gasteiger charge is 2.51. The van der Waals surface area contributed by atoms with Crippen LogP contribution in [0.25, 0.3) is 0 Å². The van der Waals surface area contributed by atoms with E-state index in [0.29, 0.717) is 31.5 Å². The molecule has 0 bridgehead atoms. The molecule has 1 aromatic rings. The highest BCUT2D eigenvalue weighted by atomic mass is 32.3. The lowest BCUT2D eigenvalue weighted by molar-refractivity contribution is 0.0331. The average Bonchev–Trinajstić information content (AvgIpc) is 2.72. The fourth-order valence-electron chi connectivity index (χ4n) is 6.59. The predicted octanol–water partition coefficient (Wildman–Crippen LogP) is 6.57. The van der Waals surface area contributed by atoms with E-state index >= 15 is 3.89 Å². The number of aryl methyl sites for hydroxylation is 1. The molecule has 30 heavy (non-hydrogen) atoms. The minimum Gasteiger partial charge on any atom is -0.199 e. The minimum absolute atomic E-state index is 0.0913. The summed E-state index contributed by atoms with van der Waals surface area (Å²) in [5.74, 6) is 1.00. The van der Waals surface area contributed by atoms with Crippen LogP contribution in [0.3, 0.4) is 0 Å². The van der Waals surface area contributed by atoms with Gasteiger partial charge in [-0.2, -0.15) is 12.9 Å². The maximum absolute atomic E-state index is 15.1. The summed E-state index contributed by atoms with van der Waals surface area (Å²) in [6.07, 6.45) is 8.50. The smallest absolute Gasteiger partial charge is 0.199 e. The van der Waals surface area contributed by atoms with E-state index in [1.807, 2.05) is 0 Å². The number of rotatable bonds is 4. The quantitative estimate of drug-likeness (QED) is 0.493. The molecule has 4 rings (SSSR count). The van der Waals surface area contributed by atoms with Gasteiger partial charge in [-0.05, 0) is 77.9 Å². The van der Waals surface area contributed by atoms with Gasteiger partial charge in [-0.15, -0.1) is 3.89 Å². The van der Waals surface area contributed by atoms with Gasteiger partial charge in [0.25, 0.3) is 10.3 Å². The molecule has 1 saturated heterocycles. The van der Waals surface area contributed by atoms with E-state index in [0.717, 1.165) is 44.9 Å². The molecular formula is C25H39FN2OS. The van der Waals surface area contributed by atoms with E-state index in [2.05, 4.69) is 50.3 Å². The second-order valence-corrected chi connectivity index (χ2v) is 12.4. The van der Waals surface area contributed by atoms with Crippen molar-refractivity contribution in [3.63, 3.8) is 0 Å². The SMILES string of the molecule is CC(C)c1ccc2c(c1)CC[C@@H]1C2(C)CCC[C@@]1(C)CN=S(=O)(F)N1CCCCC1. The summed E-state index contributed by atoms with van der Waals surface area (Å²) < 4.78 is 33.6. The lowest BCUT2D eigenvalue weighted by atomic mass is 9.50. The molecule has 3 nitrogen and oxygen atoms in total. The Labute approximate surface area is 183 Å². The van der Waals surface area contributed by atoms with Gasteiger partial charge in [-0.1, -0.05) is 58.7 Å². The first-order chi connectivity index (χ1) is 14.2. The summed E-state index contributed by atoms with van der Waals surface area (Å²) >= 11 is 0. The lowest BCUT2D eigenvalue weighted by Crippen LogP contribution is -2.50. The summed E-state index contributed by atoms with van der Waals surface area (Å²) in [7, 11) is -3.75. The van der Waals surface area contributed by atoms with Crippen molar-refractivity contribution in [3.05, 3.63) is 34.9 Å². The van der Waals surface area contributed by atoms with Gasteiger partial charge in [0.2, 0.25) is 0 Å². The van der Waals surface area contributed by atoms with E-state index in [1.54, 1.807) is 0 Å². The van der Waals surface area contributed by atoms with Gasteiger partial charge in [0.15, 0.2) is 0 Å². The van der Waals surface area contributed by atoms with Crippen LogP contribution in [0, 0.1) is 11.3 Å². The van der Waals surface area contributed by atoms with E-state index in [4.69, 9.17) is 0 Å². The van der Waals surface area contributed by atoms with Crippen LogP contribution < -0.4 is 0 Å². The number of piperidine rings is 1. The number of hydrogen-bond acceptors (Lipinski definition) is 2. The number of halogens is 1. The zero-order valence-corrected chi connectivity index (χ0v) is 20.1. The zero-order valence-electron chi connectivity index (χ0n) is 19.3. The Morgan fingerprint density at radius 1 is 1.17 bits per heavy atom. The van der Waals surface area contributed by atoms with Gasteiger partial charge >= 0.3 is 0 Å². The summed E-state index contributed by atoms with van der Waals surface area (Å²) in [6, 6.07) is 7.09. The van der Waals surface area contributed by atoms with Crippen LogP contribution in [-0.2, 0) is 22.1 Å². The van der Waals surface area contributed by atoms with Crippen molar-refractivity contribution in [2.45, 2.75) is 90.4 Å². The Morgan fingerprint density at radius 2 is 1.90 bits per heavy atom. The van der Waals surface area contributed by atoms with Crippen molar-refractivity contribution in [2.75, 3.05) is 19.6 Å². The van der Waals surface area contributed by atoms with Gasteiger partial charge in [0.1, 0.15) is 0 Å². The summed E-state index contributed by atoms with van der Waals surface area (Å²) in [5, 5.41) is 0. The topological polar surface area (TPSA) is 32.7 Å². The Bertz CT molecular complexity index is 900. The van der Waals surface area contributed by atoms with Crippen LogP contribution in [0.1, 0.15) is 95.2 Å². The first kappa shape index (κ1) is 22.3. The van der Waals surface area contributed by atoms with Gasteiger partial charge < -0.3 is 0 Å². The van der Waals surface area contributed by atoms with Gasteiger partial charge in [-0.25, -0.2) is 0 Å². The standard InChI is InChI=1S/C25H39FN2OS/c1-19(2)20-9-11-22-21(17-20)10-12-23-24(3,13-8-14-25(22,23)4)18-27-30(26,29)28-15-6-5-7-16-28/h9,11,17,19,23H,5-8,10,12-16,18H2,1-4H3/t23-,24-,25?,30?/m0/s1. The average molecular weight is 435 g/mol. The fourth-order valence-corrected chi connectivity index (χ4v) is 7.92. The molecule has 3 aliphatic rings. The molecule has 168 valence electrons. The first-order valence-corrected chi connectivity index (χ1v) is 13.3. The fraction of sp³-hybridized carbons (Fsp3) is 0.760. The van der Waals surface area contributed by atoms with Crippen molar-refractivity contribution in [3.8, 4) is 0 Å². The van der Waals surface area contributed by atoms with E-state index in [-0.39, 0.29) is 10.8 Å². The highest BCUT2D eigenvalue weighted by Crippen LogP contribution is 2.57. The zero-order chi connectivity index (χ0) is 21.6. The summed E-state index contributed by atoms with van der Waals surface area (Å²) in [4.78, 5) is 0. The second-order valence-electron chi connectivity index (χ2n) is 10.8. The predicted molar refractivity (Wildman–Crippen MR) is 124 cm³/mol. The highest BCUT2D eigenvalue weighted by molar-refractivity contribution is 7.86. The largest absolute Gasteiger partial charge is 0.270 e. The Kier molecular flexibility index (Phi) is 6.08. The monoisotopic (exact) mass is 434 g/mol. The van der Waals surface area contributed by atoms with E-state index in [9.17, 15) is 4.21 Å².